The summed E-state index contributed by atoms with van der Waals surface area (Å²) >= 11 is 0. The quantitative estimate of drug-likeness (QED) is 0.688. The molecule has 0 aromatic heterocycles. The SMILES string of the molecule is Cc1ccc(N2C(=O)c3ccccc3C2=O)cc1NS(=O)(=O)c1ccccc1. The predicted molar refractivity (Wildman–Crippen MR) is 106 cm³/mol. The van der Waals surface area contributed by atoms with Crippen LogP contribution in [-0.2, 0) is 10.0 Å². The summed E-state index contributed by atoms with van der Waals surface area (Å²) in [6.45, 7) is 1.75. The van der Waals surface area contributed by atoms with Crippen molar-refractivity contribution in [3.05, 3.63) is 89.5 Å². The van der Waals surface area contributed by atoms with E-state index in [0.717, 1.165) is 4.90 Å². The van der Waals surface area contributed by atoms with Crippen LogP contribution < -0.4 is 9.62 Å². The molecule has 0 fully saturated rings. The number of imide groups is 1. The van der Waals surface area contributed by atoms with Crippen molar-refractivity contribution in [2.24, 2.45) is 0 Å². The van der Waals surface area contributed by atoms with Gasteiger partial charge < -0.3 is 0 Å². The fourth-order valence-electron chi connectivity index (χ4n) is 3.09. The third-order valence-electron chi connectivity index (χ3n) is 4.57. The standard InChI is InChI=1S/C21H16N2O4S/c1-14-11-12-15(23-20(24)17-9-5-6-10-18(17)21(23)25)13-19(14)22-28(26,27)16-7-3-2-4-8-16/h2-13,22H,1H3. The van der Waals surface area contributed by atoms with E-state index in [0.29, 0.717) is 28.1 Å². The maximum Gasteiger partial charge on any atom is 0.266 e. The van der Waals surface area contributed by atoms with Crippen LogP contribution in [0.2, 0.25) is 0 Å². The second-order valence-corrected chi connectivity index (χ2v) is 8.09. The molecule has 4 rings (SSSR count). The van der Waals surface area contributed by atoms with Crippen molar-refractivity contribution in [2.45, 2.75) is 11.8 Å². The molecule has 0 atom stereocenters. The third-order valence-corrected chi connectivity index (χ3v) is 5.95. The molecule has 2 amide bonds. The van der Waals surface area contributed by atoms with E-state index in [1.165, 1.54) is 18.2 Å². The van der Waals surface area contributed by atoms with E-state index in [-0.39, 0.29) is 4.90 Å². The maximum atomic E-state index is 12.7. The summed E-state index contributed by atoms with van der Waals surface area (Å²) in [6, 6.07) is 19.4. The van der Waals surface area contributed by atoms with E-state index in [9.17, 15) is 18.0 Å². The van der Waals surface area contributed by atoms with Gasteiger partial charge in [0.2, 0.25) is 0 Å². The summed E-state index contributed by atoms with van der Waals surface area (Å²) in [5, 5.41) is 0. The molecule has 0 saturated carbocycles. The van der Waals surface area contributed by atoms with Crippen molar-refractivity contribution in [1.82, 2.24) is 0 Å². The lowest BCUT2D eigenvalue weighted by Gasteiger charge is -2.17. The fourth-order valence-corrected chi connectivity index (χ4v) is 4.23. The lowest BCUT2D eigenvalue weighted by Crippen LogP contribution is -2.29. The molecule has 3 aromatic rings. The minimum absolute atomic E-state index is 0.125. The number of anilines is 2. The Balaban J connectivity index is 1.71. The van der Waals surface area contributed by atoms with Gasteiger partial charge in [-0.1, -0.05) is 36.4 Å². The van der Waals surface area contributed by atoms with E-state index in [1.807, 2.05) is 0 Å². The second kappa shape index (κ2) is 6.61. The number of benzene rings is 3. The van der Waals surface area contributed by atoms with Crippen molar-refractivity contribution in [1.29, 1.82) is 0 Å². The number of nitrogens with zero attached hydrogens (tertiary/aromatic N) is 1. The summed E-state index contributed by atoms with van der Waals surface area (Å²) in [5.74, 6) is -0.859. The number of hydrogen-bond acceptors (Lipinski definition) is 4. The molecule has 1 aliphatic heterocycles. The smallest absolute Gasteiger partial charge is 0.266 e. The van der Waals surface area contributed by atoms with Crippen molar-refractivity contribution in [2.75, 3.05) is 9.62 Å². The van der Waals surface area contributed by atoms with Gasteiger partial charge in [0.15, 0.2) is 0 Å². The van der Waals surface area contributed by atoms with E-state index in [1.54, 1.807) is 61.5 Å². The summed E-state index contributed by atoms with van der Waals surface area (Å²) in [6.07, 6.45) is 0. The molecule has 1 N–H and O–H groups in total. The monoisotopic (exact) mass is 392 g/mol. The maximum absolute atomic E-state index is 12.7. The van der Waals surface area contributed by atoms with Crippen LogP contribution in [-0.4, -0.2) is 20.2 Å². The highest BCUT2D eigenvalue weighted by molar-refractivity contribution is 7.92. The molecule has 1 aliphatic rings. The van der Waals surface area contributed by atoms with Gasteiger partial charge in [-0.15, -0.1) is 0 Å². The highest BCUT2D eigenvalue weighted by atomic mass is 32.2. The van der Waals surface area contributed by atoms with E-state index in [4.69, 9.17) is 0 Å². The predicted octanol–water partition coefficient (Wildman–Crippen LogP) is 3.60. The Hall–Kier alpha value is -3.45. The summed E-state index contributed by atoms with van der Waals surface area (Å²) in [7, 11) is -3.80. The molecule has 28 heavy (non-hydrogen) atoms. The molecule has 6 nitrogen and oxygen atoms in total. The third kappa shape index (κ3) is 2.95. The second-order valence-electron chi connectivity index (χ2n) is 6.41. The summed E-state index contributed by atoms with van der Waals surface area (Å²) < 4.78 is 27.8. The van der Waals surface area contributed by atoms with E-state index >= 15 is 0 Å². The fraction of sp³-hybridized carbons (Fsp3) is 0.0476. The molecule has 0 spiro atoms. The minimum Gasteiger partial charge on any atom is -0.279 e. The molecule has 3 aromatic carbocycles. The normalized spacial score (nSPS) is 13.5. The molecule has 0 radical (unpaired) electrons. The molecule has 0 unspecified atom stereocenters. The van der Waals surface area contributed by atoms with Crippen LogP contribution in [0.5, 0.6) is 0 Å². The Morgan fingerprint density at radius 2 is 1.36 bits per heavy atom. The molecule has 7 heteroatoms. The lowest BCUT2D eigenvalue weighted by molar-refractivity contribution is 0.0926. The van der Waals surface area contributed by atoms with Gasteiger partial charge in [0, 0.05) is 0 Å². The Morgan fingerprint density at radius 3 is 1.96 bits per heavy atom. The van der Waals surface area contributed by atoms with Crippen LogP contribution in [0.1, 0.15) is 26.3 Å². The van der Waals surface area contributed by atoms with Crippen LogP contribution in [0.4, 0.5) is 11.4 Å². The van der Waals surface area contributed by atoms with Gasteiger partial charge >= 0.3 is 0 Å². The van der Waals surface area contributed by atoms with Gasteiger partial charge in [-0.2, -0.15) is 0 Å². The number of nitrogens with one attached hydrogen (secondary N) is 1. The number of amides is 2. The van der Waals surface area contributed by atoms with Gasteiger partial charge in [0.1, 0.15) is 0 Å². The number of carbonyl (C=O) groups is 2. The zero-order valence-electron chi connectivity index (χ0n) is 14.9. The Labute approximate surface area is 162 Å². The average Bonchev–Trinajstić information content (AvgIpc) is 2.95. The number of carbonyl (C=O) groups excluding carboxylic acids is 2. The van der Waals surface area contributed by atoms with Gasteiger partial charge in [-0.05, 0) is 48.9 Å². The van der Waals surface area contributed by atoms with Gasteiger partial charge in [0.05, 0.1) is 27.4 Å². The molecule has 0 aliphatic carbocycles. The van der Waals surface area contributed by atoms with Crippen molar-refractivity contribution in [3.8, 4) is 0 Å². The Morgan fingerprint density at radius 1 is 0.786 bits per heavy atom. The minimum atomic E-state index is -3.80. The summed E-state index contributed by atoms with van der Waals surface area (Å²) in [5.41, 5.74) is 1.94. The zero-order chi connectivity index (χ0) is 19.9. The molecule has 140 valence electrons. The average molecular weight is 392 g/mol. The largest absolute Gasteiger partial charge is 0.279 e. The van der Waals surface area contributed by atoms with Crippen LogP contribution >= 0.6 is 0 Å². The van der Waals surface area contributed by atoms with Crippen LogP contribution in [0.25, 0.3) is 0 Å². The van der Waals surface area contributed by atoms with Gasteiger partial charge in [0.25, 0.3) is 21.8 Å². The van der Waals surface area contributed by atoms with Crippen molar-refractivity contribution in [3.63, 3.8) is 0 Å². The molecular weight excluding hydrogens is 376 g/mol. The lowest BCUT2D eigenvalue weighted by atomic mass is 10.1. The first-order valence-corrected chi connectivity index (χ1v) is 10.0. The van der Waals surface area contributed by atoms with Crippen molar-refractivity contribution >= 4 is 33.2 Å². The number of aryl methyl sites for hydroxylation is 1. The van der Waals surface area contributed by atoms with Gasteiger partial charge in [-0.25, -0.2) is 13.3 Å². The molecule has 0 saturated heterocycles. The van der Waals surface area contributed by atoms with E-state index in [2.05, 4.69) is 4.72 Å². The zero-order valence-corrected chi connectivity index (χ0v) is 15.7. The first-order valence-electron chi connectivity index (χ1n) is 8.55. The number of hydrogen-bond donors (Lipinski definition) is 1. The highest BCUT2D eigenvalue weighted by Crippen LogP contribution is 2.31. The molecule has 1 heterocycles. The number of sulfonamides is 1. The Bertz CT molecular complexity index is 1170. The number of rotatable bonds is 4. The number of fused-ring (bicyclic) bond motifs is 1. The first kappa shape index (κ1) is 17.9. The topological polar surface area (TPSA) is 83.6 Å². The summed E-state index contributed by atoms with van der Waals surface area (Å²) in [4.78, 5) is 26.5. The van der Waals surface area contributed by atoms with E-state index < -0.39 is 21.8 Å². The van der Waals surface area contributed by atoms with Crippen LogP contribution in [0.3, 0.4) is 0 Å². The van der Waals surface area contributed by atoms with Crippen molar-refractivity contribution < 1.29 is 18.0 Å². The first-order chi connectivity index (χ1) is 13.4. The van der Waals surface area contributed by atoms with Crippen LogP contribution in [0, 0.1) is 6.92 Å². The van der Waals surface area contributed by atoms with Gasteiger partial charge in [-0.3, -0.25) is 14.3 Å². The molecule has 0 bridgehead atoms. The highest BCUT2D eigenvalue weighted by Gasteiger charge is 2.36. The van der Waals surface area contributed by atoms with Crippen LogP contribution in [0.15, 0.2) is 77.7 Å². The Kier molecular flexibility index (Phi) is 4.24. The molecular formula is C21H16N2O4S.